The lowest BCUT2D eigenvalue weighted by Gasteiger charge is -2.38. The van der Waals surface area contributed by atoms with Crippen molar-refractivity contribution < 1.29 is 4.52 Å². The normalized spacial score (nSPS) is 18.0. The van der Waals surface area contributed by atoms with Crippen LogP contribution in [0.3, 0.4) is 0 Å². The molecule has 0 bridgehead atoms. The average Bonchev–Trinajstić information content (AvgIpc) is 3.30. The van der Waals surface area contributed by atoms with Crippen molar-refractivity contribution in [2.75, 3.05) is 23.7 Å². The molecule has 0 saturated carbocycles. The van der Waals surface area contributed by atoms with Crippen LogP contribution in [0.15, 0.2) is 39.6 Å². The number of benzene rings is 1. The van der Waals surface area contributed by atoms with Crippen LogP contribution in [0.25, 0.3) is 11.5 Å². The first kappa shape index (κ1) is 16.0. The number of aromatic amines is 1. The molecule has 0 amide bonds. The molecule has 0 atom stereocenters. The highest BCUT2D eigenvalue weighted by Crippen LogP contribution is 2.44. The van der Waals surface area contributed by atoms with E-state index in [1.165, 1.54) is 0 Å². The molecule has 2 aromatic heterocycles. The smallest absolute Gasteiger partial charge is 0.266 e. The van der Waals surface area contributed by atoms with E-state index in [2.05, 4.69) is 25.0 Å². The lowest BCUT2D eigenvalue weighted by atomic mass is 9.76. The Bertz CT molecular complexity index is 1030. The molecule has 1 spiro atoms. The number of nitrogens with zero attached hydrogens (tertiary/aromatic N) is 4. The number of rotatable bonds is 2. The fourth-order valence-electron chi connectivity index (χ4n) is 4.33. The fourth-order valence-corrected chi connectivity index (χ4v) is 4.33. The van der Waals surface area contributed by atoms with E-state index >= 15 is 0 Å². The zero-order valence-electron chi connectivity index (χ0n) is 14.8. The summed E-state index contributed by atoms with van der Waals surface area (Å²) in [7, 11) is 0. The summed E-state index contributed by atoms with van der Waals surface area (Å²) in [5.41, 5.74) is 8.22. The third kappa shape index (κ3) is 2.59. The summed E-state index contributed by atoms with van der Waals surface area (Å²) in [4.78, 5) is 25.9. The van der Waals surface area contributed by atoms with E-state index in [1.807, 2.05) is 30.3 Å². The number of anilines is 2. The average molecular weight is 364 g/mol. The predicted molar refractivity (Wildman–Crippen MR) is 100 cm³/mol. The van der Waals surface area contributed by atoms with E-state index in [4.69, 9.17) is 10.3 Å². The van der Waals surface area contributed by atoms with Crippen LogP contribution < -0.4 is 16.2 Å². The number of piperidine rings is 1. The highest BCUT2D eigenvalue weighted by atomic mass is 16.5. The lowest BCUT2D eigenvalue weighted by Crippen LogP contribution is -2.42. The standard InChI is InChI=1S/C19H20N6O2/c20-17-21-14-13(15(26)22-17)6-7-19(14)8-10-25(11-9-19)18-23-16(27-24-18)12-4-2-1-3-5-12/h1-5H,6-11H2,(H3,20,21,22,26). The molecule has 8 nitrogen and oxygen atoms in total. The molecule has 1 aliphatic heterocycles. The molecule has 1 fully saturated rings. The highest BCUT2D eigenvalue weighted by Gasteiger charge is 2.44. The van der Waals surface area contributed by atoms with Crippen LogP contribution >= 0.6 is 0 Å². The van der Waals surface area contributed by atoms with Crippen molar-refractivity contribution in [1.29, 1.82) is 0 Å². The summed E-state index contributed by atoms with van der Waals surface area (Å²) in [6.07, 6.45) is 3.49. The summed E-state index contributed by atoms with van der Waals surface area (Å²) < 4.78 is 5.43. The van der Waals surface area contributed by atoms with Crippen LogP contribution in [0.5, 0.6) is 0 Å². The molecule has 3 heterocycles. The largest absolute Gasteiger partial charge is 0.369 e. The van der Waals surface area contributed by atoms with Gasteiger partial charge in [-0.3, -0.25) is 9.78 Å². The van der Waals surface area contributed by atoms with Gasteiger partial charge in [0.15, 0.2) is 0 Å². The summed E-state index contributed by atoms with van der Waals surface area (Å²) in [5, 5.41) is 4.15. The summed E-state index contributed by atoms with van der Waals surface area (Å²) >= 11 is 0. The van der Waals surface area contributed by atoms with E-state index in [-0.39, 0.29) is 16.9 Å². The Labute approximate surface area is 155 Å². The van der Waals surface area contributed by atoms with Crippen molar-refractivity contribution in [1.82, 2.24) is 20.1 Å². The first-order valence-corrected chi connectivity index (χ1v) is 9.18. The third-order valence-electron chi connectivity index (χ3n) is 5.83. The molecular weight excluding hydrogens is 344 g/mol. The minimum atomic E-state index is -0.0949. The Hall–Kier alpha value is -3.16. The minimum absolute atomic E-state index is 0.0692. The molecule has 0 radical (unpaired) electrons. The summed E-state index contributed by atoms with van der Waals surface area (Å²) in [5.74, 6) is 1.34. The first-order valence-electron chi connectivity index (χ1n) is 9.18. The number of hydrogen-bond acceptors (Lipinski definition) is 7. The van der Waals surface area contributed by atoms with Gasteiger partial charge in [-0.2, -0.15) is 4.98 Å². The Kier molecular flexibility index (Phi) is 3.53. The maximum atomic E-state index is 12.2. The van der Waals surface area contributed by atoms with Gasteiger partial charge < -0.3 is 15.2 Å². The predicted octanol–water partition coefficient (Wildman–Crippen LogP) is 1.89. The van der Waals surface area contributed by atoms with Gasteiger partial charge in [0.05, 0.1) is 5.69 Å². The van der Waals surface area contributed by atoms with Crippen LogP contribution in [0.2, 0.25) is 0 Å². The Balaban J connectivity index is 1.37. The van der Waals surface area contributed by atoms with Gasteiger partial charge in [0.1, 0.15) is 0 Å². The van der Waals surface area contributed by atoms with Gasteiger partial charge in [-0.1, -0.05) is 18.2 Å². The molecule has 8 heteroatoms. The number of nitrogens with two attached hydrogens (primary N) is 1. The zero-order chi connectivity index (χ0) is 18.4. The van der Waals surface area contributed by atoms with E-state index in [9.17, 15) is 4.79 Å². The SMILES string of the molecule is Nc1nc2c(c(=O)[nH]1)CCC21CCN(c2noc(-c3ccccc3)n2)CC1. The monoisotopic (exact) mass is 364 g/mol. The van der Waals surface area contributed by atoms with Crippen molar-refractivity contribution in [2.24, 2.45) is 0 Å². The van der Waals surface area contributed by atoms with Crippen LogP contribution in [0.4, 0.5) is 11.9 Å². The third-order valence-corrected chi connectivity index (χ3v) is 5.83. The van der Waals surface area contributed by atoms with E-state index < -0.39 is 0 Å². The lowest BCUT2D eigenvalue weighted by molar-refractivity contribution is 0.319. The first-order chi connectivity index (χ1) is 13.1. The highest BCUT2D eigenvalue weighted by molar-refractivity contribution is 5.54. The van der Waals surface area contributed by atoms with Gasteiger partial charge >= 0.3 is 0 Å². The van der Waals surface area contributed by atoms with E-state index in [1.54, 1.807) is 0 Å². The summed E-state index contributed by atoms with van der Waals surface area (Å²) in [6, 6.07) is 9.75. The van der Waals surface area contributed by atoms with Gasteiger partial charge in [0.2, 0.25) is 5.95 Å². The van der Waals surface area contributed by atoms with E-state index in [0.717, 1.165) is 55.6 Å². The molecule has 5 rings (SSSR count). The Morgan fingerprint density at radius 3 is 2.67 bits per heavy atom. The van der Waals surface area contributed by atoms with Crippen LogP contribution in [0.1, 0.15) is 30.5 Å². The number of hydrogen-bond donors (Lipinski definition) is 2. The molecule has 1 aromatic carbocycles. The van der Waals surface area contributed by atoms with Gasteiger partial charge in [-0.15, -0.1) is 0 Å². The van der Waals surface area contributed by atoms with Crippen molar-refractivity contribution in [3.8, 4) is 11.5 Å². The Morgan fingerprint density at radius 1 is 1.11 bits per heavy atom. The molecule has 0 unspecified atom stereocenters. The fraction of sp³-hybridized carbons (Fsp3) is 0.368. The molecule has 3 N–H and O–H groups in total. The Morgan fingerprint density at radius 2 is 1.89 bits per heavy atom. The van der Waals surface area contributed by atoms with Crippen molar-refractivity contribution >= 4 is 11.9 Å². The van der Waals surface area contributed by atoms with Gasteiger partial charge in [0, 0.05) is 29.6 Å². The molecule has 1 saturated heterocycles. The minimum Gasteiger partial charge on any atom is -0.369 e. The molecule has 1 aliphatic carbocycles. The second kappa shape index (κ2) is 5.94. The van der Waals surface area contributed by atoms with Gasteiger partial charge in [-0.25, -0.2) is 4.98 Å². The summed E-state index contributed by atoms with van der Waals surface area (Å²) in [6.45, 7) is 1.59. The number of aromatic nitrogens is 4. The van der Waals surface area contributed by atoms with Crippen molar-refractivity contribution in [3.63, 3.8) is 0 Å². The number of fused-ring (bicyclic) bond motifs is 2. The number of nitrogen functional groups attached to an aromatic ring is 1. The zero-order valence-corrected chi connectivity index (χ0v) is 14.8. The van der Waals surface area contributed by atoms with Crippen LogP contribution in [-0.2, 0) is 11.8 Å². The van der Waals surface area contributed by atoms with Crippen LogP contribution in [-0.4, -0.2) is 33.2 Å². The molecule has 3 aromatic rings. The van der Waals surface area contributed by atoms with Crippen LogP contribution in [0, 0.1) is 0 Å². The van der Waals surface area contributed by atoms with Crippen molar-refractivity contribution in [3.05, 3.63) is 51.9 Å². The number of H-pyrrole nitrogens is 1. The van der Waals surface area contributed by atoms with Gasteiger partial charge in [-0.05, 0) is 43.0 Å². The maximum absolute atomic E-state index is 12.2. The van der Waals surface area contributed by atoms with E-state index in [0.29, 0.717) is 11.8 Å². The van der Waals surface area contributed by atoms with Crippen molar-refractivity contribution in [2.45, 2.75) is 31.1 Å². The number of nitrogens with one attached hydrogen (secondary N) is 1. The molecule has 27 heavy (non-hydrogen) atoms. The molecule has 138 valence electrons. The topological polar surface area (TPSA) is 114 Å². The molecule has 2 aliphatic rings. The second-order valence-electron chi connectivity index (χ2n) is 7.31. The molecular formula is C19H20N6O2. The van der Waals surface area contributed by atoms with Gasteiger partial charge in [0.25, 0.3) is 17.4 Å². The maximum Gasteiger partial charge on any atom is 0.266 e. The quantitative estimate of drug-likeness (QED) is 0.713. The second-order valence-corrected chi connectivity index (χ2v) is 7.31.